The van der Waals surface area contributed by atoms with E-state index < -0.39 is 11.5 Å². The highest BCUT2D eigenvalue weighted by Gasteiger charge is 2.35. The maximum Gasteiger partial charge on any atom is 0.352 e. The predicted molar refractivity (Wildman–Crippen MR) is 69.4 cm³/mol. The van der Waals surface area contributed by atoms with Crippen LogP contribution in [0.1, 0.15) is 13.8 Å². The van der Waals surface area contributed by atoms with Crippen molar-refractivity contribution in [2.45, 2.75) is 19.4 Å². The molecule has 1 aliphatic rings. The second kappa shape index (κ2) is 4.52. The smallest absolute Gasteiger partial charge is 0.331 e. The zero-order valence-corrected chi connectivity index (χ0v) is 11.2. The average molecular weight is 259 g/mol. The van der Waals surface area contributed by atoms with Gasteiger partial charge in [-0.15, -0.1) is 5.06 Å². The molecule has 7 heteroatoms. The van der Waals surface area contributed by atoms with E-state index in [1.54, 1.807) is 32.8 Å². The minimum Gasteiger partial charge on any atom is -0.331 e. The van der Waals surface area contributed by atoms with Gasteiger partial charge in [-0.3, -0.25) is 4.90 Å². The Balaban J connectivity index is 2.73. The van der Waals surface area contributed by atoms with Crippen molar-refractivity contribution in [3.05, 3.63) is 0 Å². The summed E-state index contributed by atoms with van der Waals surface area (Å²) in [4.78, 5) is 22.8. The molecule has 0 saturated heterocycles. The molecule has 0 spiro atoms. The molecule has 0 aromatic rings. The van der Waals surface area contributed by atoms with Gasteiger partial charge in [0.2, 0.25) is 5.11 Å². The number of aliphatic imine (C=N–C) groups is 1. The number of carbonyl (C=O) groups is 1. The molecule has 1 rings (SSSR count). The van der Waals surface area contributed by atoms with Gasteiger partial charge in [-0.2, -0.15) is 0 Å². The molecule has 16 heavy (non-hydrogen) atoms. The Morgan fingerprint density at radius 1 is 1.50 bits per heavy atom. The van der Waals surface area contributed by atoms with Crippen molar-refractivity contribution in [3.8, 4) is 0 Å². The number of hydroxylamine groups is 2. The van der Waals surface area contributed by atoms with E-state index in [2.05, 4.69) is 4.99 Å². The van der Waals surface area contributed by atoms with E-state index in [1.165, 1.54) is 6.21 Å². The maximum absolute atomic E-state index is 11.9. The fourth-order valence-corrected chi connectivity index (χ4v) is 1.19. The molecule has 0 radical (unpaired) electrons. The van der Waals surface area contributed by atoms with Crippen LogP contribution in [-0.2, 0) is 9.63 Å². The van der Waals surface area contributed by atoms with Crippen LogP contribution in [0.2, 0.25) is 0 Å². The Kier molecular flexibility index (Phi) is 3.72. The molecule has 0 N–H and O–H groups in total. The van der Waals surface area contributed by atoms with Crippen LogP contribution >= 0.6 is 24.4 Å². The third-order valence-corrected chi connectivity index (χ3v) is 2.99. The predicted octanol–water partition coefficient (Wildman–Crippen LogP) is 0.783. The van der Waals surface area contributed by atoms with Gasteiger partial charge in [0.25, 0.3) is 0 Å². The van der Waals surface area contributed by atoms with Gasteiger partial charge in [0.1, 0.15) is 5.54 Å². The van der Waals surface area contributed by atoms with E-state index in [4.69, 9.17) is 29.3 Å². The molecule has 0 atom stereocenters. The third-order valence-electron chi connectivity index (χ3n) is 2.45. The molecular weight excluding hydrogens is 246 g/mol. The van der Waals surface area contributed by atoms with Crippen molar-refractivity contribution < 1.29 is 9.63 Å². The zero-order chi connectivity index (χ0) is 12.5. The molecule has 1 aliphatic heterocycles. The van der Waals surface area contributed by atoms with Crippen LogP contribution in [-0.4, -0.2) is 51.9 Å². The quantitative estimate of drug-likeness (QED) is 0.698. The van der Waals surface area contributed by atoms with Crippen molar-refractivity contribution in [2.75, 3.05) is 14.1 Å². The van der Waals surface area contributed by atoms with Gasteiger partial charge in [-0.05, 0) is 40.2 Å². The first-order valence-corrected chi connectivity index (χ1v) is 5.40. The molecule has 0 fully saturated rings. The number of carbonyl (C=O) groups excluding carboxylic acids is 1. The highest BCUT2D eigenvalue weighted by Crippen LogP contribution is 2.15. The summed E-state index contributed by atoms with van der Waals surface area (Å²) in [6.45, 7) is 3.50. The van der Waals surface area contributed by atoms with Crippen molar-refractivity contribution in [3.63, 3.8) is 0 Å². The molecule has 0 aromatic heterocycles. The van der Waals surface area contributed by atoms with Crippen LogP contribution in [0.25, 0.3) is 0 Å². The van der Waals surface area contributed by atoms with E-state index in [0.717, 1.165) is 5.06 Å². The molecule has 0 saturated carbocycles. The summed E-state index contributed by atoms with van der Waals surface area (Å²) >= 11 is 9.80. The molecule has 0 amide bonds. The average Bonchev–Trinajstić information content (AvgIpc) is 2.49. The lowest BCUT2D eigenvalue weighted by atomic mass is 10.1. The van der Waals surface area contributed by atoms with E-state index in [1.807, 2.05) is 0 Å². The molecule has 1 heterocycles. The molecule has 0 aliphatic carbocycles. The lowest BCUT2D eigenvalue weighted by Gasteiger charge is -2.30. The summed E-state index contributed by atoms with van der Waals surface area (Å²) in [7, 11) is 3.58. The topological polar surface area (TPSA) is 45.1 Å². The molecule has 5 nitrogen and oxygen atoms in total. The van der Waals surface area contributed by atoms with Gasteiger partial charge >= 0.3 is 5.97 Å². The number of hydrogen-bond donors (Lipinski definition) is 0. The van der Waals surface area contributed by atoms with Crippen molar-refractivity contribution in [1.29, 1.82) is 0 Å². The van der Waals surface area contributed by atoms with E-state index in [0.29, 0.717) is 0 Å². The first-order chi connectivity index (χ1) is 7.26. The first-order valence-electron chi connectivity index (χ1n) is 4.58. The summed E-state index contributed by atoms with van der Waals surface area (Å²) < 4.78 is 0. The monoisotopic (exact) mass is 259 g/mol. The molecular formula is C9H13N3O2S2. The lowest BCUT2D eigenvalue weighted by Crippen LogP contribution is -2.49. The Bertz CT molecular complexity index is 359. The third kappa shape index (κ3) is 2.42. The van der Waals surface area contributed by atoms with Crippen LogP contribution in [0.3, 0.4) is 0 Å². The Morgan fingerprint density at radius 3 is 2.44 bits per heavy atom. The molecule has 0 unspecified atom stereocenters. The number of rotatable bonds is 3. The Hall–Kier alpha value is -0.920. The van der Waals surface area contributed by atoms with Crippen molar-refractivity contribution in [2.24, 2.45) is 4.99 Å². The van der Waals surface area contributed by atoms with Crippen molar-refractivity contribution in [1.82, 2.24) is 9.96 Å². The Labute approximate surface area is 105 Å². The standard InChI is InChI=1S/C9H13N3O2S2/c1-9(2,11(3)4)7(13)14-12-6(15)5-10-8(12)16/h5H,1-4H3. The molecule has 88 valence electrons. The Morgan fingerprint density at radius 2 is 2.06 bits per heavy atom. The van der Waals surface area contributed by atoms with E-state index >= 15 is 0 Å². The second-order valence-electron chi connectivity index (χ2n) is 4.01. The fourth-order valence-electron chi connectivity index (χ4n) is 0.771. The van der Waals surface area contributed by atoms with Crippen LogP contribution in [0.15, 0.2) is 4.99 Å². The van der Waals surface area contributed by atoms with Gasteiger partial charge < -0.3 is 4.84 Å². The van der Waals surface area contributed by atoms with Crippen molar-refractivity contribution >= 4 is 46.7 Å². The van der Waals surface area contributed by atoms with E-state index in [9.17, 15) is 4.79 Å². The molecule has 0 bridgehead atoms. The van der Waals surface area contributed by atoms with Gasteiger partial charge in [-0.25, -0.2) is 9.79 Å². The summed E-state index contributed by atoms with van der Waals surface area (Å²) in [6, 6.07) is 0. The number of hydrogen-bond acceptors (Lipinski definition) is 5. The second-order valence-corrected chi connectivity index (χ2v) is 4.79. The van der Waals surface area contributed by atoms with E-state index in [-0.39, 0.29) is 10.1 Å². The van der Waals surface area contributed by atoms with Crippen LogP contribution in [0.5, 0.6) is 0 Å². The van der Waals surface area contributed by atoms with Crippen LogP contribution in [0, 0.1) is 0 Å². The van der Waals surface area contributed by atoms with Gasteiger partial charge in [0.15, 0.2) is 4.99 Å². The van der Waals surface area contributed by atoms with Crippen LogP contribution < -0.4 is 0 Å². The minimum atomic E-state index is -0.756. The lowest BCUT2D eigenvalue weighted by molar-refractivity contribution is -0.173. The maximum atomic E-state index is 11.9. The summed E-state index contributed by atoms with van der Waals surface area (Å²) in [6.07, 6.45) is 1.38. The zero-order valence-electron chi connectivity index (χ0n) is 9.55. The number of thiocarbonyl (C=S) groups is 2. The highest BCUT2D eigenvalue weighted by molar-refractivity contribution is 7.83. The highest BCUT2D eigenvalue weighted by atomic mass is 32.1. The van der Waals surface area contributed by atoms with Gasteiger partial charge in [0.05, 0.1) is 6.21 Å². The SMILES string of the molecule is CN(C)C(C)(C)C(=O)ON1C(=S)C=NC1=S. The van der Waals surface area contributed by atoms with Gasteiger partial charge in [-0.1, -0.05) is 12.2 Å². The largest absolute Gasteiger partial charge is 0.352 e. The normalized spacial score (nSPS) is 16.2. The minimum absolute atomic E-state index is 0.146. The van der Waals surface area contributed by atoms with Gasteiger partial charge in [0, 0.05) is 0 Å². The van der Waals surface area contributed by atoms with Crippen LogP contribution in [0.4, 0.5) is 0 Å². The summed E-state index contributed by atoms with van der Waals surface area (Å²) in [5.74, 6) is -0.437. The fraction of sp³-hybridized carbons (Fsp3) is 0.556. The summed E-state index contributed by atoms with van der Waals surface area (Å²) in [5.41, 5.74) is -0.756. The molecule has 0 aromatic carbocycles. The number of likely N-dealkylation sites (N-methyl/N-ethyl adjacent to an activating group) is 1. The first kappa shape index (κ1) is 13.1. The summed E-state index contributed by atoms with van der Waals surface area (Å²) in [5, 5.41) is 1.23. The number of nitrogens with zero attached hydrogens (tertiary/aromatic N) is 3.